The summed E-state index contributed by atoms with van der Waals surface area (Å²) >= 11 is 0. The standard InChI is InChI=1S/C18H25NO2/c1-12(2)15-10-14-7-6-13(3)18(16(14)11-17(15)20)21-9-8-19(4)5/h6-7,10-12,20H,8-9H2,1-5H3. The molecule has 0 saturated carbocycles. The molecule has 21 heavy (non-hydrogen) atoms. The van der Waals surface area contributed by atoms with Crippen molar-refractivity contribution in [3.8, 4) is 11.5 Å². The minimum Gasteiger partial charge on any atom is -0.508 e. The van der Waals surface area contributed by atoms with Crippen LogP contribution in [-0.2, 0) is 0 Å². The molecular weight excluding hydrogens is 262 g/mol. The fraction of sp³-hybridized carbons (Fsp3) is 0.444. The molecule has 2 aromatic rings. The van der Waals surface area contributed by atoms with Crippen LogP contribution in [0.25, 0.3) is 10.8 Å². The Labute approximate surface area is 127 Å². The van der Waals surface area contributed by atoms with Gasteiger partial charge in [-0.3, -0.25) is 0 Å². The van der Waals surface area contributed by atoms with Crippen LogP contribution < -0.4 is 4.74 Å². The van der Waals surface area contributed by atoms with Gasteiger partial charge in [-0.2, -0.15) is 0 Å². The van der Waals surface area contributed by atoms with Crippen molar-refractivity contribution < 1.29 is 9.84 Å². The normalized spacial score (nSPS) is 11.6. The minimum atomic E-state index is 0.300. The van der Waals surface area contributed by atoms with Gasteiger partial charge in [0.05, 0.1) is 0 Å². The number of nitrogens with zero attached hydrogens (tertiary/aromatic N) is 1. The van der Waals surface area contributed by atoms with E-state index in [0.717, 1.165) is 34.2 Å². The van der Waals surface area contributed by atoms with E-state index in [1.807, 2.05) is 27.1 Å². The van der Waals surface area contributed by atoms with Gasteiger partial charge in [-0.25, -0.2) is 0 Å². The minimum absolute atomic E-state index is 0.300. The van der Waals surface area contributed by atoms with E-state index >= 15 is 0 Å². The van der Waals surface area contributed by atoms with Crippen molar-refractivity contribution in [3.63, 3.8) is 0 Å². The number of hydrogen-bond donors (Lipinski definition) is 1. The number of aromatic hydroxyl groups is 1. The van der Waals surface area contributed by atoms with E-state index in [0.29, 0.717) is 18.3 Å². The van der Waals surface area contributed by atoms with Crippen molar-refractivity contribution in [2.45, 2.75) is 26.7 Å². The summed E-state index contributed by atoms with van der Waals surface area (Å²) in [5.74, 6) is 1.52. The number of hydrogen-bond acceptors (Lipinski definition) is 3. The van der Waals surface area contributed by atoms with Crippen LogP contribution in [0.1, 0.15) is 30.9 Å². The molecule has 0 unspecified atom stereocenters. The molecule has 2 rings (SSSR count). The van der Waals surface area contributed by atoms with Crippen molar-refractivity contribution in [3.05, 3.63) is 35.4 Å². The second-order valence-corrected chi connectivity index (χ2v) is 6.15. The molecule has 0 radical (unpaired) electrons. The van der Waals surface area contributed by atoms with E-state index in [1.165, 1.54) is 0 Å². The molecular formula is C18H25NO2. The fourth-order valence-corrected chi connectivity index (χ4v) is 2.44. The molecule has 0 bridgehead atoms. The van der Waals surface area contributed by atoms with Crippen molar-refractivity contribution in [1.82, 2.24) is 4.90 Å². The highest BCUT2D eigenvalue weighted by atomic mass is 16.5. The Morgan fingerprint density at radius 1 is 1.19 bits per heavy atom. The maximum Gasteiger partial charge on any atom is 0.130 e. The average molecular weight is 287 g/mol. The highest BCUT2D eigenvalue weighted by molar-refractivity contribution is 5.91. The first-order chi connectivity index (χ1) is 9.90. The number of fused-ring (bicyclic) bond motifs is 1. The van der Waals surface area contributed by atoms with Crippen LogP contribution in [0.5, 0.6) is 11.5 Å². The molecule has 0 atom stereocenters. The molecule has 0 fully saturated rings. The van der Waals surface area contributed by atoms with Gasteiger partial charge < -0.3 is 14.7 Å². The van der Waals surface area contributed by atoms with Gasteiger partial charge in [0, 0.05) is 11.9 Å². The summed E-state index contributed by atoms with van der Waals surface area (Å²) in [6.07, 6.45) is 0. The van der Waals surface area contributed by atoms with E-state index in [4.69, 9.17) is 4.74 Å². The first kappa shape index (κ1) is 15.6. The molecule has 0 spiro atoms. The number of phenols is 1. The van der Waals surface area contributed by atoms with Crippen LogP contribution in [-0.4, -0.2) is 37.3 Å². The molecule has 0 amide bonds. The number of ether oxygens (including phenoxy) is 1. The van der Waals surface area contributed by atoms with E-state index in [2.05, 4.69) is 36.9 Å². The third-order valence-electron chi connectivity index (χ3n) is 3.72. The summed E-state index contributed by atoms with van der Waals surface area (Å²) in [7, 11) is 4.06. The topological polar surface area (TPSA) is 32.7 Å². The highest BCUT2D eigenvalue weighted by Gasteiger charge is 2.12. The van der Waals surface area contributed by atoms with Crippen LogP contribution >= 0.6 is 0 Å². The lowest BCUT2D eigenvalue weighted by Crippen LogP contribution is -2.19. The molecule has 2 aromatic carbocycles. The molecule has 3 nitrogen and oxygen atoms in total. The zero-order chi connectivity index (χ0) is 15.6. The SMILES string of the molecule is Cc1ccc2cc(C(C)C)c(O)cc2c1OCCN(C)C. The summed E-state index contributed by atoms with van der Waals surface area (Å²) < 4.78 is 5.96. The first-order valence-electron chi connectivity index (χ1n) is 7.44. The molecule has 0 heterocycles. The number of rotatable bonds is 5. The Balaban J connectivity index is 2.44. The number of phenolic OH excluding ortho intramolecular Hbond substituents is 1. The summed E-state index contributed by atoms with van der Waals surface area (Å²) in [6, 6.07) is 8.07. The maximum absolute atomic E-state index is 10.2. The quantitative estimate of drug-likeness (QED) is 0.904. The summed E-state index contributed by atoms with van der Waals surface area (Å²) in [6.45, 7) is 7.72. The predicted molar refractivity (Wildman–Crippen MR) is 88.5 cm³/mol. The summed E-state index contributed by atoms with van der Waals surface area (Å²) in [4.78, 5) is 2.09. The van der Waals surface area contributed by atoms with E-state index in [-0.39, 0.29) is 0 Å². The molecule has 3 heteroatoms. The molecule has 0 aliphatic rings. The third-order valence-corrected chi connectivity index (χ3v) is 3.72. The summed E-state index contributed by atoms with van der Waals surface area (Å²) in [5.41, 5.74) is 2.07. The molecule has 114 valence electrons. The Bertz CT molecular complexity index is 633. The van der Waals surface area contributed by atoms with Crippen LogP contribution in [0.4, 0.5) is 0 Å². The van der Waals surface area contributed by atoms with Crippen molar-refractivity contribution >= 4 is 10.8 Å². The van der Waals surface area contributed by atoms with Crippen molar-refractivity contribution in [1.29, 1.82) is 0 Å². The van der Waals surface area contributed by atoms with Gasteiger partial charge in [-0.05, 0) is 55.6 Å². The lowest BCUT2D eigenvalue weighted by atomic mass is 9.96. The Morgan fingerprint density at radius 3 is 2.52 bits per heavy atom. The van der Waals surface area contributed by atoms with Gasteiger partial charge in [-0.15, -0.1) is 0 Å². The number of aryl methyl sites for hydroxylation is 1. The van der Waals surface area contributed by atoms with Gasteiger partial charge in [-0.1, -0.05) is 26.0 Å². The maximum atomic E-state index is 10.2. The smallest absolute Gasteiger partial charge is 0.130 e. The molecule has 0 saturated heterocycles. The monoisotopic (exact) mass is 287 g/mol. The number of benzene rings is 2. The van der Waals surface area contributed by atoms with E-state index in [9.17, 15) is 5.11 Å². The van der Waals surface area contributed by atoms with Gasteiger partial charge in [0.25, 0.3) is 0 Å². The van der Waals surface area contributed by atoms with Crippen LogP contribution in [0.15, 0.2) is 24.3 Å². The molecule has 1 N–H and O–H groups in total. The van der Waals surface area contributed by atoms with Gasteiger partial charge in [0.2, 0.25) is 0 Å². The lowest BCUT2D eigenvalue weighted by molar-refractivity contribution is 0.262. The second-order valence-electron chi connectivity index (χ2n) is 6.15. The Kier molecular flexibility index (Phi) is 4.73. The Hall–Kier alpha value is -1.74. The molecule has 0 aromatic heterocycles. The number of likely N-dealkylation sites (N-methyl/N-ethyl adjacent to an activating group) is 1. The zero-order valence-electron chi connectivity index (χ0n) is 13.6. The second kappa shape index (κ2) is 6.35. The largest absolute Gasteiger partial charge is 0.508 e. The lowest BCUT2D eigenvalue weighted by Gasteiger charge is -2.16. The van der Waals surface area contributed by atoms with Gasteiger partial charge >= 0.3 is 0 Å². The third kappa shape index (κ3) is 3.48. The predicted octanol–water partition coefficient (Wildman–Crippen LogP) is 3.92. The highest BCUT2D eigenvalue weighted by Crippen LogP contribution is 2.36. The Morgan fingerprint density at radius 2 is 1.90 bits per heavy atom. The van der Waals surface area contributed by atoms with Crippen LogP contribution in [0, 0.1) is 6.92 Å². The molecule has 0 aliphatic carbocycles. The van der Waals surface area contributed by atoms with E-state index in [1.54, 1.807) is 0 Å². The molecule has 0 aliphatic heterocycles. The zero-order valence-corrected chi connectivity index (χ0v) is 13.6. The van der Waals surface area contributed by atoms with Gasteiger partial charge in [0.15, 0.2) is 0 Å². The van der Waals surface area contributed by atoms with Crippen molar-refractivity contribution in [2.24, 2.45) is 0 Å². The summed E-state index contributed by atoms with van der Waals surface area (Å²) in [5, 5.41) is 12.3. The van der Waals surface area contributed by atoms with Crippen molar-refractivity contribution in [2.75, 3.05) is 27.2 Å². The fourth-order valence-electron chi connectivity index (χ4n) is 2.44. The average Bonchev–Trinajstić information content (AvgIpc) is 2.40. The van der Waals surface area contributed by atoms with Crippen LogP contribution in [0.2, 0.25) is 0 Å². The first-order valence-corrected chi connectivity index (χ1v) is 7.44. The van der Waals surface area contributed by atoms with E-state index < -0.39 is 0 Å². The van der Waals surface area contributed by atoms with Gasteiger partial charge in [0.1, 0.15) is 18.1 Å². The van der Waals surface area contributed by atoms with Crippen LogP contribution in [0.3, 0.4) is 0 Å².